The maximum absolute atomic E-state index is 12.8. The first-order chi connectivity index (χ1) is 10.0. The molecule has 0 saturated heterocycles. The Morgan fingerprint density at radius 2 is 1.71 bits per heavy atom. The summed E-state index contributed by atoms with van der Waals surface area (Å²) in [5, 5.41) is 0. The summed E-state index contributed by atoms with van der Waals surface area (Å²) in [6.45, 7) is 1.84. The fourth-order valence-electron chi connectivity index (χ4n) is 2.74. The fraction of sp³-hybridized carbons (Fsp3) is 0.588. The molecule has 0 atom stereocenters. The number of anilines is 2. The molecular formula is C17H25N3O. The number of hydrogen-bond acceptors (Lipinski definition) is 3. The molecule has 0 aliphatic heterocycles. The van der Waals surface area contributed by atoms with Gasteiger partial charge in [-0.25, -0.2) is 0 Å². The highest BCUT2D eigenvalue weighted by Crippen LogP contribution is 2.34. The molecule has 0 unspecified atom stereocenters. The van der Waals surface area contributed by atoms with Gasteiger partial charge < -0.3 is 15.5 Å². The summed E-state index contributed by atoms with van der Waals surface area (Å²) < 4.78 is 0. The van der Waals surface area contributed by atoms with Gasteiger partial charge in [0, 0.05) is 32.7 Å². The van der Waals surface area contributed by atoms with Gasteiger partial charge in [0.25, 0.3) is 5.91 Å². The lowest BCUT2D eigenvalue weighted by molar-refractivity contribution is 0.0739. The minimum absolute atomic E-state index is 0.144. The van der Waals surface area contributed by atoms with E-state index in [4.69, 9.17) is 5.73 Å². The zero-order valence-electron chi connectivity index (χ0n) is 13.0. The highest BCUT2D eigenvalue weighted by atomic mass is 16.2. The molecule has 1 amide bonds. The number of nitrogen functional groups attached to an aromatic ring is 1. The van der Waals surface area contributed by atoms with Crippen molar-refractivity contribution in [1.82, 2.24) is 4.90 Å². The van der Waals surface area contributed by atoms with Crippen molar-refractivity contribution in [3.63, 3.8) is 0 Å². The van der Waals surface area contributed by atoms with Crippen LogP contribution < -0.4 is 10.6 Å². The highest BCUT2D eigenvalue weighted by molar-refractivity contribution is 5.96. The number of hydrogen-bond donors (Lipinski definition) is 1. The molecule has 0 spiro atoms. The normalized spacial score (nSPS) is 17.6. The van der Waals surface area contributed by atoms with Gasteiger partial charge in [-0.15, -0.1) is 0 Å². The first-order valence-electron chi connectivity index (χ1n) is 7.90. The molecule has 2 aliphatic carbocycles. The Kier molecular flexibility index (Phi) is 3.79. The van der Waals surface area contributed by atoms with Gasteiger partial charge in [-0.1, -0.05) is 0 Å². The molecule has 21 heavy (non-hydrogen) atoms. The van der Waals surface area contributed by atoms with Crippen molar-refractivity contribution in [3.05, 3.63) is 23.8 Å². The van der Waals surface area contributed by atoms with E-state index in [0.29, 0.717) is 5.69 Å². The molecule has 0 aromatic heterocycles. The molecule has 114 valence electrons. The second-order valence-electron chi connectivity index (χ2n) is 6.76. The number of amides is 1. The maximum atomic E-state index is 12.8. The van der Waals surface area contributed by atoms with E-state index >= 15 is 0 Å². The lowest BCUT2D eigenvalue weighted by Gasteiger charge is -2.23. The summed E-state index contributed by atoms with van der Waals surface area (Å²) in [6.07, 6.45) is 5.10. The Morgan fingerprint density at radius 1 is 1.14 bits per heavy atom. The van der Waals surface area contributed by atoms with Crippen LogP contribution in [0, 0.1) is 11.8 Å². The van der Waals surface area contributed by atoms with Crippen molar-refractivity contribution in [2.24, 2.45) is 11.8 Å². The smallest absolute Gasteiger partial charge is 0.253 e. The van der Waals surface area contributed by atoms with Crippen LogP contribution in [0.4, 0.5) is 11.4 Å². The fourth-order valence-corrected chi connectivity index (χ4v) is 2.74. The summed E-state index contributed by atoms with van der Waals surface area (Å²) >= 11 is 0. The quantitative estimate of drug-likeness (QED) is 0.818. The van der Waals surface area contributed by atoms with Crippen molar-refractivity contribution in [2.45, 2.75) is 25.7 Å². The summed E-state index contributed by atoms with van der Waals surface area (Å²) in [6, 6.07) is 5.67. The molecule has 4 nitrogen and oxygen atoms in total. The molecule has 0 bridgehead atoms. The Hall–Kier alpha value is -1.71. The van der Waals surface area contributed by atoms with Gasteiger partial charge in [-0.05, 0) is 55.7 Å². The first-order valence-corrected chi connectivity index (χ1v) is 7.90. The summed E-state index contributed by atoms with van der Waals surface area (Å²) in [5.41, 5.74) is 8.43. The summed E-state index contributed by atoms with van der Waals surface area (Å²) in [7, 11) is 3.92. The zero-order valence-corrected chi connectivity index (χ0v) is 13.0. The molecule has 2 aliphatic rings. The first kappa shape index (κ1) is 14.2. The molecule has 2 N–H and O–H groups in total. The average molecular weight is 287 g/mol. The second-order valence-corrected chi connectivity index (χ2v) is 6.76. The van der Waals surface area contributed by atoms with E-state index in [1.807, 2.05) is 37.2 Å². The van der Waals surface area contributed by atoms with Crippen LogP contribution in [0.2, 0.25) is 0 Å². The third-order valence-electron chi connectivity index (χ3n) is 4.39. The molecular weight excluding hydrogens is 262 g/mol. The van der Waals surface area contributed by atoms with Gasteiger partial charge in [-0.2, -0.15) is 0 Å². The number of rotatable bonds is 6. The number of carbonyl (C=O) groups is 1. The van der Waals surface area contributed by atoms with Crippen molar-refractivity contribution in [3.8, 4) is 0 Å². The van der Waals surface area contributed by atoms with Crippen LogP contribution >= 0.6 is 0 Å². The average Bonchev–Trinajstić information content (AvgIpc) is 3.31. The third kappa shape index (κ3) is 3.49. The van der Waals surface area contributed by atoms with Gasteiger partial charge in [0.05, 0.1) is 11.4 Å². The van der Waals surface area contributed by atoms with Crippen LogP contribution in [-0.2, 0) is 0 Å². The summed E-state index contributed by atoms with van der Waals surface area (Å²) in [5.74, 6) is 1.60. The predicted octanol–water partition coefficient (Wildman–Crippen LogP) is 2.60. The van der Waals surface area contributed by atoms with E-state index < -0.39 is 0 Å². The van der Waals surface area contributed by atoms with Gasteiger partial charge in [-0.3, -0.25) is 4.79 Å². The van der Waals surface area contributed by atoms with Gasteiger partial charge in [0.1, 0.15) is 0 Å². The van der Waals surface area contributed by atoms with Crippen molar-refractivity contribution in [1.29, 1.82) is 0 Å². The third-order valence-corrected chi connectivity index (χ3v) is 4.39. The molecule has 0 radical (unpaired) electrons. The van der Waals surface area contributed by atoms with Gasteiger partial charge in [0.15, 0.2) is 0 Å². The molecule has 2 fully saturated rings. The van der Waals surface area contributed by atoms with Crippen LogP contribution in [0.15, 0.2) is 18.2 Å². The van der Waals surface area contributed by atoms with Gasteiger partial charge >= 0.3 is 0 Å². The minimum atomic E-state index is 0.144. The Balaban J connectivity index is 1.75. The van der Waals surface area contributed by atoms with Crippen LogP contribution in [-0.4, -0.2) is 38.0 Å². The second kappa shape index (κ2) is 5.58. The molecule has 1 aromatic carbocycles. The molecule has 0 heterocycles. The molecule has 3 rings (SSSR count). The lowest BCUT2D eigenvalue weighted by Crippen LogP contribution is -2.34. The van der Waals surface area contributed by atoms with E-state index in [2.05, 4.69) is 4.90 Å². The maximum Gasteiger partial charge on any atom is 0.253 e. The number of benzene rings is 1. The van der Waals surface area contributed by atoms with Crippen molar-refractivity contribution >= 4 is 17.3 Å². The van der Waals surface area contributed by atoms with E-state index in [9.17, 15) is 4.79 Å². The Labute approximate surface area is 126 Å². The van der Waals surface area contributed by atoms with Gasteiger partial charge in [0.2, 0.25) is 0 Å². The van der Waals surface area contributed by atoms with Crippen LogP contribution in [0.3, 0.4) is 0 Å². The Bertz CT molecular complexity index is 519. The predicted molar refractivity (Wildman–Crippen MR) is 86.5 cm³/mol. The topological polar surface area (TPSA) is 49.6 Å². The van der Waals surface area contributed by atoms with E-state index in [1.54, 1.807) is 0 Å². The van der Waals surface area contributed by atoms with Crippen molar-refractivity contribution < 1.29 is 4.79 Å². The van der Waals surface area contributed by atoms with Crippen LogP contribution in [0.1, 0.15) is 36.0 Å². The largest absolute Gasteiger partial charge is 0.397 e. The number of carbonyl (C=O) groups excluding carboxylic acids is 1. The SMILES string of the molecule is CN(C)c1ccc(C(=O)N(CC2CC2)CC2CC2)cc1N. The van der Waals surface area contributed by atoms with Crippen molar-refractivity contribution in [2.75, 3.05) is 37.8 Å². The molecule has 2 saturated carbocycles. The van der Waals surface area contributed by atoms with Crippen LogP contribution in [0.5, 0.6) is 0 Å². The standard InChI is InChI=1S/C17H25N3O/c1-19(2)16-8-7-14(9-15(16)18)17(21)20(10-12-3-4-12)11-13-5-6-13/h7-9,12-13H,3-6,10-11,18H2,1-2H3. The zero-order chi connectivity index (χ0) is 15.0. The van der Waals surface area contributed by atoms with E-state index in [0.717, 1.165) is 36.2 Å². The van der Waals surface area contributed by atoms with E-state index in [-0.39, 0.29) is 5.91 Å². The molecule has 4 heteroatoms. The monoisotopic (exact) mass is 287 g/mol. The van der Waals surface area contributed by atoms with E-state index in [1.165, 1.54) is 25.7 Å². The highest BCUT2D eigenvalue weighted by Gasteiger charge is 2.31. The summed E-state index contributed by atoms with van der Waals surface area (Å²) in [4.78, 5) is 16.8. The number of nitrogens with zero attached hydrogens (tertiary/aromatic N) is 2. The Morgan fingerprint density at radius 3 is 2.14 bits per heavy atom. The molecule has 1 aromatic rings. The minimum Gasteiger partial charge on any atom is -0.397 e. The van der Waals surface area contributed by atoms with Crippen LogP contribution in [0.25, 0.3) is 0 Å². The lowest BCUT2D eigenvalue weighted by atomic mass is 10.1. The number of nitrogens with two attached hydrogens (primary N) is 1.